The lowest BCUT2D eigenvalue weighted by molar-refractivity contribution is -0.122. The summed E-state index contributed by atoms with van der Waals surface area (Å²) >= 11 is 0. The summed E-state index contributed by atoms with van der Waals surface area (Å²) in [6, 6.07) is 0.424. The Kier molecular flexibility index (Phi) is 5.92. The van der Waals surface area contributed by atoms with E-state index in [-0.39, 0.29) is 18.0 Å². The van der Waals surface area contributed by atoms with E-state index in [4.69, 9.17) is 5.73 Å². The van der Waals surface area contributed by atoms with Gasteiger partial charge in [0.1, 0.15) is 0 Å². The van der Waals surface area contributed by atoms with Crippen LogP contribution in [-0.4, -0.2) is 42.5 Å². The summed E-state index contributed by atoms with van der Waals surface area (Å²) in [6.45, 7) is 8.97. The fraction of sp³-hybridized carbons (Fsp3) is 0.923. The monoisotopic (exact) mass is 241 g/mol. The Balaban J connectivity index is 2.40. The number of nitrogens with two attached hydrogens (primary N) is 1. The third-order valence-corrected chi connectivity index (χ3v) is 3.55. The first-order valence-electron chi connectivity index (χ1n) is 6.80. The first kappa shape index (κ1) is 14.5. The summed E-state index contributed by atoms with van der Waals surface area (Å²) in [7, 11) is 0. The van der Waals surface area contributed by atoms with Crippen LogP contribution in [0.3, 0.4) is 0 Å². The van der Waals surface area contributed by atoms with Gasteiger partial charge in [0.15, 0.2) is 0 Å². The molecule has 0 aromatic rings. The third kappa shape index (κ3) is 4.64. The molecule has 0 saturated carbocycles. The lowest BCUT2D eigenvalue weighted by atomic mass is 10.1. The molecule has 0 aromatic heterocycles. The fourth-order valence-electron chi connectivity index (χ4n) is 2.48. The summed E-state index contributed by atoms with van der Waals surface area (Å²) in [6.07, 6.45) is 3.01. The topological polar surface area (TPSA) is 58.4 Å². The number of rotatable bonds is 6. The highest BCUT2D eigenvalue weighted by Crippen LogP contribution is 2.21. The molecule has 1 aliphatic heterocycles. The Morgan fingerprint density at radius 1 is 1.53 bits per heavy atom. The van der Waals surface area contributed by atoms with E-state index in [1.54, 1.807) is 0 Å². The molecule has 2 atom stereocenters. The highest BCUT2D eigenvalue weighted by molar-refractivity contribution is 5.76. The fourth-order valence-corrected chi connectivity index (χ4v) is 2.48. The summed E-state index contributed by atoms with van der Waals surface area (Å²) in [5.74, 6) is 0.910. The summed E-state index contributed by atoms with van der Waals surface area (Å²) in [4.78, 5) is 14.1. The molecule has 3 N–H and O–H groups in total. The van der Waals surface area contributed by atoms with Crippen LogP contribution in [0, 0.1) is 5.92 Å². The molecule has 1 fully saturated rings. The molecule has 17 heavy (non-hydrogen) atoms. The smallest absolute Gasteiger partial charge is 0.221 e. The van der Waals surface area contributed by atoms with Crippen LogP contribution < -0.4 is 11.1 Å². The predicted molar refractivity (Wildman–Crippen MR) is 70.7 cm³/mol. The van der Waals surface area contributed by atoms with Gasteiger partial charge >= 0.3 is 0 Å². The van der Waals surface area contributed by atoms with Crippen LogP contribution in [0.5, 0.6) is 0 Å². The van der Waals surface area contributed by atoms with E-state index >= 15 is 0 Å². The van der Waals surface area contributed by atoms with Crippen LogP contribution in [-0.2, 0) is 4.79 Å². The molecule has 4 heteroatoms. The molecule has 1 rings (SSSR count). The normalized spacial score (nSPS) is 23.0. The molecular formula is C13H27N3O. The molecule has 1 aliphatic rings. The molecule has 1 amide bonds. The molecule has 0 bridgehead atoms. The van der Waals surface area contributed by atoms with Crippen molar-refractivity contribution in [1.29, 1.82) is 0 Å². The van der Waals surface area contributed by atoms with Gasteiger partial charge in [0.2, 0.25) is 5.91 Å². The lowest BCUT2D eigenvalue weighted by Crippen LogP contribution is -2.43. The zero-order valence-corrected chi connectivity index (χ0v) is 11.4. The van der Waals surface area contributed by atoms with E-state index in [0.717, 1.165) is 19.0 Å². The van der Waals surface area contributed by atoms with Crippen molar-refractivity contribution in [1.82, 2.24) is 10.2 Å². The zero-order chi connectivity index (χ0) is 12.8. The summed E-state index contributed by atoms with van der Waals surface area (Å²) in [5.41, 5.74) is 5.80. The number of nitrogens with one attached hydrogen (secondary N) is 1. The van der Waals surface area contributed by atoms with E-state index in [1.807, 2.05) is 13.8 Å². The van der Waals surface area contributed by atoms with Gasteiger partial charge < -0.3 is 11.1 Å². The number of amides is 1. The maximum atomic E-state index is 11.7. The quantitative estimate of drug-likeness (QED) is 0.728. The standard InChI is InChI=1S/C13H27N3O/c1-4-11-5-6-16(9-11)12(8-14)7-13(17)15-10(2)3/h10-12H,4-9,14H2,1-3H3,(H,15,17). The molecule has 0 spiro atoms. The Morgan fingerprint density at radius 2 is 2.24 bits per heavy atom. The van der Waals surface area contributed by atoms with Crippen LogP contribution in [0.4, 0.5) is 0 Å². The first-order chi connectivity index (χ1) is 8.06. The highest BCUT2D eigenvalue weighted by atomic mass is 16.1. The number of carbonyl (C=O) groups excluding carboxylic acids is 1. The SMILES string of the molecule is CCC1CCN(C(CN)CC(=O)NC(C)C)C1. The molecule has 1 saturated heterocycles. The number of hydrogen-bond acceptors (Lipinski definition) is 3. The first-order valence-corrected chi connectivity index (χ1v) is 6.80. The van der Waals surface area contributed by atoms with Gasteiger partial charge in [-0.2, -0.15) is 0 Å². The van der Waals surface area contributed by atoms with Gasteiger partial charge in [-0.05, 0) is 32.7 Å². The average molecular weight is 241 g/mol. The summed E-state index contributed by atoms with van der Waals surface area (Å²) in [5, 5.41) is 2.94. The minimum atomic E-state index is 0.121. The number of hydrogen-bond donors (Lipinski definition) is 2. The maximum absolute atomic E-state index is 11.7. The summed E-state index contributed by atoms with van der Waals surface area (Å²) < 4.78 is 0. The second kappa shape index (κ2) is 6.97. The van der Waals surface area contributed by atoms with Crippen molar-refractivity contribution < 1.29 is 4.79 Å². The number of nitrogens with zero attached hydrogens (tertiary/aromatic N) is 1. The maximum Gasteiger partial charge on any atom is 0.221 e. The molecule has 0 radical (unpaired) electrons. The van der Waals surface area contributed by atoms with Crippen molar-refractivity contribution in [3.05, 3.63) is 0 Å². The van der Waals surface area contributed by atoms with Crippen molar-refractivity contribution in [2.75, 3.05) is 19.6 Å². The van der Waals surface area contributed by atoms with E-state index in [1.165, 1.54) is 12.8 Å². The number of carbonyl (C=O) groups is 1. The van der Waals surface area contributed by atoms with Gasteiger partial charge in [0, 0.05) is 31.6 Å². The van der Waals surface area contributed by atoms with Crippen LogP contribution in [0.1, 0.15) is 40.0 Å². The van der Waals surface area contributed by atoms with Crippen molar-refractivity contribution in [3.63, 3.8) is 0 Å². The van der Waals surface area contributed by atoms with Gasteiger partial charge in [-0.25, -0.2) is 0 Å². The van der Waals surface area contributed by atoms with Crippen LogP contribution in [0.25, 0.3) is 0 Å². The Morgan fingerprint density at radius 3 is 2.71 bits per heavy atom. The molecule has 2 unspecified atom stereocenters. The second-order valence-electron chi connectivity index (χ2n) is 5.37. The van der Waals surface area contributed by atoms with Gasteiger partial charge in [0.25, 0.3) is 0 Å². The third-order valence-electron chi connectivity index (χ3n) is 3.55. The van der Waals surface area contributed by atoms with E-state index < -0.39 is 0 Å². The lowest BCUT2D eigenvalue weighted by Gasteiger charge is -2.26. The van der Waals surface area contributed by atoms with Crippen LogP contribution in [0.15, 0.2) is 0 Å². The molecule has 0 aliphatic carbocycles. The Bertz CT molecular complexity index is 243. The van der Waals surface area contributed by atoms with Crippen LogP contribution >= 0.6 is 0 Å². The number of likely N-dealkylation sites (tertiary alicyclic amines) is 1. The van der Waals surface area contributed by atoms with Gasteiger partial charge in [0.05, 0.1) is 0 Å². The van der Waals surface area contributed by atoms with Gasteiger partial charge in [-0.15, -0.1) is 0 Å². The molecule has 0 aromatic carbocycles. The van der Waals surface area contributed by atoms with Gasteiger partial charge in [-0.1, -0.05) is 13.3 Å². The predicted octanol–water partition coefficient (Wildman–Crippen LogP) is 0.960. The van der Waals surface area contributed by atoms with E-state index in [2.05, 4.69) is 17.1 Å². The van der Waals surface area contributed by atoms with Crippen molar-refractivity contribution in [2.24, 2.45) is 11.7 Å². The molecular weight excluding hydrogens is 214 g/mol. The largest absolute Gasteiger partial charge is 0.354 e. The Labute approximate surface area is 105 Å². The molecule has 1 heterocycles. The van der Waals surface area contributed by atoms with Crippen molar-refractivity contribution in [3.8, 4) is 0 Å². The minimum Gasteiger partial charge on any atom is -0.354 e. The van der Waals surface area contributed by atoms with E-state index in [9.17, 15) is 4.79 Å². The highest BCUT2D eigenvalue weighted by Gasteiger charge is 2.27. The van der Waals surface area contributed by atoms with Crippen molar-refractivity contribution in [2.45, 2.75) is 52.1 Å². The minimum absolute atomic E-state index is 0.121. The molecule has 4 nitrogen and oxygen atoms in total. The Hall–Kier alpha value is -0.610. The second-order valence-corrected chi connectivity index (χ2v) is 5.37. The van der Waals surface area contributed by atoms with Crippen molar-refractivity contribution >= 4 is 5.91 Å². The van der Waals surface area contributed by atoms with Gasteiger partial charge in [-0.3, -0.25) is 9.69 Å². The zero-order valence-electron chi connectivity index (χ0n) is 11.4. The average Bonchev–Trinajstić information content (AvgIpc) is 2.73. The van der Waals surface area contributed by atoms with Crippen LogP contribution in [0.2, 0.25) is 0 Å². The molecule has 100 valence electrons. The van der Waals surface area contributed by atoms with E-state index in [0.29, 0.717) is 13.0 Å².